The van der Waals surface area contributed by atoms with Gasteiger partial charge in [0.2, 0.25) is 0 Å². The van der Waals surface area contributed by atoms with Crippen LogP contribution in [0.2, 0.25) is 0 Å². The molecule has 3 rings (SSSR count). The summed E-state index contributed by atoms with van der Waals surface area (Å²) in [5, 5.41) is 0. The van der Waals surface area contributed by atoms with E-state index < -0.39 is 0 Å². The minimum absolute atomic E-state index is 0.0452. The summed E-state index contributed by atoms with van der Waals surface area (Å²) in [6.07, 6.45) is 2.02. The van der Waals surface area contributed by atoms with E-state index in [0.29, 0.717) is 34.6 Å². The molecule has 0 radical (unpaired) electrons. The maximum atomic E-state index is 13.5. The first kappa shape index (κ1) is 21.5. The first-order valence-corrected chi connectivity index (χ1v) is 10.3. The van der Waals surface area contributed by atoms with Crippen molar-refractivity contribution in [3.8, 4) is 17.2 Å². The Labute approximate surface area is 179 Å². The number of benzene rings is 2. The Morgan fingerprint density at radius 2 is 1.86 bits per heavy atom. The standard InChI is InChI=1S/C22H26BrNO5/c1-26-17-7-4-6-15(10-17)13-24(14-18-8-5-9-29-18)22(25)16-11-19(27-2)21(23)20(12-16)28-3/h4,6-7,10-12,18H,5,8-9,13-14H2,1-3H3. The summed E-state index contributed by atoms with van der Waals surface area (Å²) in [7, 11) is 4.76. The van der Waals surface area contributed by atoms with Crippen LogP contribution in [0.25, 0.3) is 0 Å². The second kappa shape index (κ2) is 9.98. The highest BCUT2D eigenvalue weighted by Crippen LogP contribution is 2.36. The monoisotopic (exact) mass is 463 g/mol. The number of nitrogens with zero attached hydrogens (tertiary/aromatic N) is 1. The molecule has 1 unspecified atom stereocenters. The Kier molecular flexibility index (Phi) is 7.39. The lowest BCUT2D eigenvalue weighted by Gasteiger charge is -2.26. The lowest BCUT2D eigenvalue weighted by molar-refractivity contribution is 0.0506. The van der Waals surface area contributed by atoms with Crippen LogP contribution >= 0.6 is 15.9 Å². The van der Waals surface area contributed by atoms with Crippen molar-refractivity contribution in [2.75, 3.05) is 34.5 Å². The van der Waals surface area contributed by atoms with Gasteiger partial charge in [0.15, 0.2) is 0 Å². The van der Waals surface area contributed by atoms with Crippen LogP contribution in [0.3, 0.4) is 0 Å². The topological polar surface area (TPSA) is 57.2 Å². The van der Waals surface area contributed by atoms with Gasteiger partial charge >= 0.3 is 0 Å². The van der Waals surface area contributed by atoms with Gasteiger partial charge in [0.1, 0.15) is 21.7 Å². The van der Waals surface area contributed by atoms with Crippen LogP contribution in [-0.2, 0) is 11.3 Å². The fourth-order valence-corrected chi connectivity index (χ4v) is 3.97. The largest absolute Gasteiger partial charge is 0.497 e. The molecule has 6 nitrogen and oxygen atoms in total. The molecule has 0 saturated carbocycles. The van der Waals surface area contributed by atoms with Gasteiger partial charge in [0.25, 0.3) is 5.91 Å². The highest BCUT2D eigenvalue weighted by molar-refractivity contribution is 9.10. The second-order valence-electron chi connectivity index (χ2n) is 6.87. The number of hydrogen-bond donors (Lipinski definition) is 0. The first-order chi connectivity index (χ1) is 14.0. The zero-order valence-electron chi connectivity index (χ0n) is 16.9. The fourth-order valence-electron chi connectivity index (χ4n) is 3.42. The first-order valence-electron chi connectivity index (χ1n) is 9.51. The maximum Gasteiger partial charge on any atom is 0.254 e. The molecule has 1 aliphatic heterocycles. The molecule has 1 atom stereocenters. The van der Waals surface area contributed by atoms with E-state index in [2.05, 4.69) is 15.9 Å². The smallest absolute Gasteiger partial charge is 0.254 e. The minimum atomic E-state index is -0.104. The lowest BCUT2D eigenvalue weighted by Crippen LogP contribution is -2.37. The van der Waals surface area contributed by atoms with Gasteiger partial charge in [0, 0.05) is 25.3 Å². The molecule has 29 heavy (non-hydrogen) atoms. The van der Waals surface area contributed by atoms with Crippen molar-refractivity contribution in [1.29, 1.82) is 0 Å². The maximum absolute atomic E-state index is 13.5. The van der Waals surface area contributed by atoms with Crippen molar-refractivity contribution >= 4 is 21.8 Å². The molecular weight excluding hydrogens is 438 g/mol. The molecular formula is C22H26BrNO5. The van der Waals surface area contributed by atoms with Crippen molar-refractivity contribution in [1.82, 2.24) is 4.90 Å². The SMILES string of the molecule is COc1cccc(CN(CC2CCCO2)C(=O)c2cc(OC)c(Br)c(OC)c2)c1. The Morgan fingerprint density at radius 3 is 2.45 bits per heavy atom. The molecule has 156 valence electrons. The Morgan fingerprint density at radius 1 is 1.14 bits per heavy atom. The van der Waals surface area contributed by atoms with Crippen LogP contribution in [-0.4, -0.2) is 51.4 Å². The highest BCUT2D eigenvalue weighted by atomic mass is 79.9. The van der Waals surface area contributed by atoms with Gasteiger partial charge in [0.05, 0.1) is 27.4 Å². The average Bonchev–Trinajstić information content (AvgIpc) is 3.26. The predicted molar refractivity (Wildman–Crippen MR) is 114 cm³/mol. The van der Waals surface area contributed by atoms with E-state index in [0.717, 1.165) is 30.8 Å². The Hall–Kier alpha value is -2.25. The molecule has 7 heteroatoms. The summed E-state index contributed by atoms with van der Waals surface area (Å²) in [5.41, 5.74) is 1.49. The quantitative estimate of drug-likeness (QED) is 0.584. The van der Waals surface area contributed by atoms with Crippen LogP contribution in [0.5, 0.6) is 17.2 Å². The van der Waals surface area contributed by atoms with Crippen molar-refractivity contribution in [3.63, 3.8) is 0 Å². The summed E-state index contributed by atoms with van der Waals surface area (Å²) in [5.74, 6) is 1.75. The predicted octanol–water partition coefficient (Wildman–Crippen LogP) is 4.30. The van der Waals surface area contributed by atoms with Crippen molar-refractivity contribution in [2.45, 2.75) is 25.5 Å². The molecule has 1 saturated heterocycles. The van der Waals surface area contributed by atoms with Crippen molar-refractivity contribution in [2.24, 2.45) is 0 Å². The molecule has 2 aromatic carbocycles. The third-order valence-corrected chi connectivity index (χ3v) is 5.72. The highest BCUT2D eigenvalue weighted by Gasteiger charge is 2.25. The Balaban J connectivity index is 1.91. The van der Waals surface area contributed by atoms with E-state index >= 15 is 0 Å². The number of ether oxygens (including phenoxy) is 4. The summed E-state index contributed by atoms with van der Waals surface area (Å²) < 4.78 is 22.6. The summed E-state index contributed by atoms with van der Waals surface area (Å²) in [4.78, 5) is 15.3. The fraction of sp³-hybridized carbons (Fsp3) is 0.409. The van der Waals surface area contributed by atoms with Crippen molar-refractivity contribution in [3.05, 3.63) is 52.0 Å². The van der Waals surface area contributed by atoms with E-state index in [1.807, 2.05) is 29.2 Å². The normalized spacial score (nSPS) is 15.8. The summed E-state index contributed by atoms with van der Waals surface area (Å²) in [6.45, 7) is 1.72. The van der Waals surface area contributed by atoms with E-state index in [-0.39, 0.29) is 12.0 Å². The van der Waals surface area contributed by atoms with E-state index in [1.54, 1.807) is 33.5 Å². The molecule has 0 spiro atoms. The van der Waals surface area contributed by atoms with Gasteiger partial charge in [-0.05, 0) is 58.6 Å². The molecule has 0 bridgehead atoms. The van der Waals surface area contributed by atoms with Crippen LogP contribution in [0.15, 0.2) is 40.9 Å². The van der Waals surface area contributed by atoms with E-state index in [1.165, 1.54) is 0 Å². The van der Waals surface area contributed by atoms with E-state index in [4.69, 9.17) is 18.9 Å². The average molecular weight is 464 g/mol. The molecule has 2 aromatic rings. The van der Waals surface area contributed by atoms with Gasteiger partial charge in [-0.25, -0.2) is 0 Å². The third-order valence-electron chi connectivity index (χ3n) is 4.94. The third kappa shape index (κ3) is 5.22. The van der Waals surface area contributed by atoms with Crippen LogP contribution < -0.4 is 14.2 Å². The number of methoxy groups -OCH3 is 3. The van der Waals surface area contributed by atoms with Gasteiger partial charge < -0.3 is 23.8 Å². The van der Waals surface area contributed by atoms with Gasteiger partial charge in [-0.3, -0.25) is 4.79 Å². The van der Waals surface area contributed by atoms with Gasteiger partial charge in [-0.2, -0.15) is 0 Å². The minimum Gasteiger partial charge on any atom is -0.497 e. The molecule has 1 amide bonds. The molecule has 0 N–H and O–H groups in total. The number of carbonyl (C=O) groups is 1. The zero-order chi connectivity index (χ0) is 20.8. The second-order valence-corrected chi connectivity index (χ2v) is 7.66. The number of carbonyl (C=O) groups excluding carboxylic acids is 1. The number of halogens is 1. The van der Waals surface area contributed by atoms with Crippen LogP contribution in [0.1, 0.15) is 28.8 Å². The summed E-state index contributed by atoms with van der Waals surface area (Å²) >= 11 is 3.45. The molecule has 0 aliphatic carbocycles. The lowest BCUT2D eigenvalue weighted by atomic mass is 10.1. The van der Waals surface area contributed by atoms with Crippen LogP contribution in [0, 0.1) is 0 Å². The molecule has 1 heterocycles. The van der Waals surface area contributed by atoms with Crippen LogP contribution in [0.4, 0.5) is 0 Å². The van der Waals surface area contributed by atoms with E-state index in [9.17, 15) is 4.79 Å². The van der Waals surface area contributed by atoms with Crippen molar-refractivity contribution < 1.29 is 23.7 Å². The van der Waals surface area contributed by atoms with Gasteiger partial charge in [-0.1, -0.05) is 12.1 Å². The molecule has 1 aliphatic rings. The van der Waals surface area contributed by atoms with Gasteiger partial charge in [-0.15, -0.1) is 0 Å². The zero-order valence-corrected chi connectivity index (χ0v) is 18.5. The Bertz CT molecular complexity index is 826. The molecule has 1 fully saturated rings. The summed E-state index contributed by atoms with van der Waals surface area (Å²) in [6, 6.07) is 11.2. The number of amides is 1. The molecule has 0 aromatic heterocycles. The number of rotatable bonds is 8. The number of hydrogen-bond acceptors (Lipinski definition) is 5.